The summed E-state index contributed by atoms with van der Waals surface area (Å²) in [5.74, 6) is -3.28. The number of carbonyl (C=O) groups is 2. The van der Waals surface area contributed by atoms with Crippen molar-refractivity contribution in [3.8, 4) is 11.4 Å². The van der Waals surface area contributed by atoms with Crippen molar-refractivity contribution in [3.05, 3.63) is 77.1 Å². The highest BCUT2D eigenvalue weighted by molar-refractivity contribution is 6.04. The summed E-state index contributed by atoms with van der Waals surface area (Å²) in [6.45, 7) is 0. The zero-order valence-corrected chi connectivity index (χ0v) is 15.3. The van der Waals surface area contributed by atoms with Crippen LogP contribution < -0.4 is 10.1 Å². The van der Waals surface area contributed by atoms with E-state index in [-0.39, 0.29) is 29.3 Å². The highest BCUT2D eigenvalue weighted by Gasteiger charge is 2.35. The molecule has 1 aromatic heterocycles. The molecule has 1 atom stereocenters. The number of carboxylic acids is 1. The molecule has 2 heterocycles. The minimum Gasteiger partial charge on any atom is -0.496 e. The van der Waals surface area contributed by atoms with Crippen LogP contribution in [-0.4, -0.2) is 28.7 Å². The van der Waals surface area contributed by atoms with Gasteiger partial charge >= 0.3 is 5.97 Å². The van der Waals surface area contributed by atoms with Crippen LogP contribution in [0, 0.1) is 11.6 Å². The molecule has 4 rings (SSSR count). The number of benzene rings is 2. The van der Waals surface area contributed by atoms with Crippen LogP contribution in [0.25, 0.3) is 5.69 Å². The number of methoxy groups -OCH3 is 1. The highest BCUT2D eigenvalue weighted by Crippen LogP contribution is 2.44. The van der Waals surface area contributed by atoms with Crippen LogP contribution in [0.5, 0.6) is 5.75 Å². The molecule has 1 aliphatic heterocycles. The second-order valence-corrected chi connectivity index (χ2v) is 6.65. The smallest absolute Gasteiger partial charge is 0.339 e. The number of anilines is 1. The number of hydrogen-bond acceptors (Lipinski definition) is 3. The zero-order valence-electron chi connectivity index (χ0n) is 15.3. The lowest BCUT2D eigenvalue weighted by Crippen LogP contribution is -2.25. The van der Waals surface area contributed by atoms with Crippen LogP contribution in [0.2, 0.25) is 0 Å². The Kier molecular flexibility index (Phi) is 4.54. The van der Waals surface area contributed by atoms with E-state index in [1.807, 2.05) is 0 Å². The van der Waals surface area contributed by atoms with Crippen molar-refractivity contribution in [2.75, 3.05) is 12.4 Å². The molecule has 1 amide bonds. The summed E-state index contributed by atoms with van der Waals surface area (Å²) in [4.78, 5) is 24.2. The molecule has 2 N–H and O–H groups in total. The number of amides is 1. The number of para-hydroxylation sites is 1. The minimum atomic E-state index is -1.27. The predicted molar refractivity (Wildman–Crippen MR) is 101 cm³/mol. The maximum Gasteiger partial charge on any atom is 0.339 e. The van der Waals surface area contributed by atoms with Gasteiger partial charge in [0.05, 0.1) is 24.2 Å². The van der Waals surface area contributed by atoms with Gasteiger partial charge in [0.15, 0.2) is 0 Å². The number of carbonyl (C=O) groups excluding carboxylic acids is 1. The molecule has 0 radical (unpaired) electrons. The van der Waals surface area contributed by atoms with Crippen LogP contribution in [0.15, 0.2) is 48.7 Å². The topological polar surface area (TPSA) is 80.6 Å². The number of aromatic carboxylic acids is 1. The second kappa shape index (κ2) is 7.05. The lowest BCUT2D eigenvalue weighted by molar-refractivity contribution is -0.116. The number of carboxylic acid groups (broad SMARTS) is 1. The Morgan fingerprint density at radius 3 is 2.55 bits per heavy atom. The first-order chi connectivity index (χ1) is 13.9. The van der Waals surface area contributed by atoms with Gasteiger partial charge in [0, 0.05) is 30.2 Å². The maximum atomic E-state index is 13.9. The van der Waals surface area contributed by atoms with E-state index in [1.165, 1.54) is 17.9 Å². The first kappa shape index (κ1) is 18.7. The molecule has 0 bridgehead atoms. The van der Waals surface area contributed by atoms with E-state index in [0.717, 1.165) is 18.2 Å². The van der Waals surface area contributed by atoms with Gasteiger partial charge in [-0.3, -0.25) is 4.79 Å². The largest absolute Gasteiger partial charge is 0.496 e. The summed E-state index contributed by atoms with van der Waals surface area (Å²) in [5, 5.41) is 12.2. The Bertz CT molecular complexity index is 1120. The summed E-state index contributed by atoms with van der Waals surface area (Å²) in [6.07, 6.45) is 1.28. The third-order valence-electron chi connectivity index (χ3n) is 4.90. The summed E-state index contributed by atoms with van der Waals surface area (Å²) < 4.78 is 34.5. The SMILES string of the molecule is COc1ccccc1[C@H]1CC(=O)Nc2c(C(=O)O)cn(-c3cc(F)cc(F)c3)c21. The van der Waals surface area contributed by atoms with Crippen LogP contribution in [0.3, 0.4) is 0 Å². The van der Waals surface area contributed by atoms with E-state index in [1.54, 1.807) is 24.3 Å². The van der Waals surface area contributed by atoms with Gasteiger partial charge in [0.25, 0.3) is 0 Å². The van der Waals surface area contributed by atoms with Gasteiger partial charge in [-0.15, -0.1) is 0 Å². The quantitative estimate of drug-likeness (QED) is 0.698. The third-order valence-corrected chi connectivity index (χ3v) is 4.90. The first-order valence-electron chi connectivity index (χ1n) is 8.76. The number of rotatable bonds is 4. The highest BCUT2D eigenvalue weighted by atomic mass is 19.1. The molecule has 1 aliphatic rings. The first-order valence-corrected chi connectivity index (χ1v) is 8.76. The van der Waals surface area contributed by atoms with Gasteiger partial charge in [0.1, 0.15) is 22.9 Å². The molecule has 148 valence electrons. The number of nitrogens with one attached hydrogen (secondary N) is 1. The average Bonchev–Trinajstić information content (AvgIpc) is 3.06. The van der Waals surface area contributed by atoms with Crippen molar-refractivity contribution < 1.29 is 28.2 Å². The average molecular weight is 398 g/mol. The summed E-state index contributed by atoms with van der Waals surface area (Å²) in [6, 6.07) is 9.99. The fourth-order valence-corrected chi connectivity index (χ4v) is 3.73. The molecule has 0 saturated carbocycles. The molecule has 8 heteroatoms. The Morgan fingerprint density at radius 2 is 1.90 bits per heavy atom. The Labute approximate surface area is 164 Å². The van der Waals surface area contributed by atoms with Gasteiger partial charge in [-0.05, 0) is 18.2 Å². The van der Waals surface area contributed by atoms with E-state index in [4.69, 9.17) is 4.74 Å². The lowest BCUT2D eigenvalue weighted by atomic mass is 9.87. The monoisotopic (exact) mass is 398 g/mol. The van der Waals surface area contributed by atoms with Crippen molar-refractivity contribution in [2.24, 2.45) is 0 Å². The lowest BCUT2D eigenvalue weighted by Gasteiger charge is -2.27. The Morgan fingerprint density at radius 1 is 1.21 bits per heavy atom. The zero-order chi connectivity index (χ0) is 20.7. The molecule has 6 nitrogen and oxygen atoms in total. The van der Waals surface area contributed by atoms with Crippen molar-refractivity contribution >= 4 is 17.6 Å². The number of fused-ring (bicyclic) bond motifs is 1. The normalized spacial score (nSPS) is 15.6. The molecule has 0 unspecified atom stereocenters. The molecule has 0 fully saturated rings. The summed E-state index contributed by atoms with van der Waals surface area (Å²) in [7, 11) is 1.49. The third kappa shape index (κ3) is 3.22. The van der Waals surface area contributed by atoms with Crippen molar-refractivity contribution in [1.29, 1.82) is 0 Å². The number of nitrogens with zero attached hydrogens (tertiary/aromatic N) is 1. The molecular formula is C21H16F2N2O4. The van der Waals surface area contributed by atoms with Gasteiger partial charge < -0.3 is 19.7 Å². The molecule has 2 aromatic carbocycles. The van der Waals surface area contributed by atoms with E-state index in [2.05, 4.69) is 5.32 Å². The summed E-state index contributed by atoms with van der Waals surface area (Å²) in [5.41, 5.74) is 1.13. The van der Waals surface area contributed by atoms with Gasteiger partial charge in [-0.2, -0.15) is 0 Å². The molecule has 0 saturated heterocycles. The van der Waals surface area contributed by atoms with Gasteiger partial charge in [0.2, 0.25) is 5.91 Å². The van der Waals surface area contributed by atoms with Crippen molar-refractivity contribution in [1.82, 2.24) is 4.57 Å². The molecule has 29 heavy (non-hydrogen) atoms. The van der Waals surface area contributed by atoms with Gasteiger partial charge in [-0.25, -0.2) is 13.6 Å². The molecule has 0 aliphatic carbocycles. The molecular weight excluding hydrogens is 382 g/mol. The van der Waals surface area contributed by atoms with E-state index < -0.39 is 23.5 Å². The minimum absolute atomic E-state index is 0.0221. The second-order valence-electron chi connectivity index (χ2n) is 6.65. The van der Waals surface area contributed by atoms with Crippen LogP contribution in [0.1, 0.15) is 34.0 Å². The van der Waals surface area contributed by atoms with Crippen LogP contribution in [0.4, 0.5) is 14.5 Å². The van der Waals surface area contributed by atoms with Crippen molar-refractivity contribution in [3.63, 3.8) is 0 Å². The number of aromatic nitrogens is 1. The Balaban J connectivity index is 2.01. The van der Waals surface area contributed by atoms with Gasteiger partial charge in [-0.1, -0.05) is 18.2 Å². The van der Waals surface area contributed by atoms with Crippen LogP contribution >= 0.6 is 0 Å². The van der Waals surface area contributed by atoms with E-state index >= 15 is 0 Å². The maximum absolute atomic E-state index is 13.9. The molecule has 3 aromatic rings. The molecule has 0 spiro atoms. The number of halogens is 2. The number of hydrogen-bond donors (Lipinski definition) is 2. The fourth-order valence-electron chi connectivity index (χ4n) is 3.73. The predicted octanol–water partition coefficient (Wildman–Crippen LogP) is 3.94. The standard InChI is InChI=1S/C21H16F2N2O4/c1-29-17-5-3-2-4-14(17)15-9-18(26)24-19-16(21(27)28)10-25(20(15)19)13-7-11(22)6-12(23)8-13/h2-8,10,15H,9H2,1H3,(H,24,26)(H,27,28)/t15-/m1/s1. The van der Waals surface area contributed by atoms with Crippen LogP contribution in [-0.2, 0) is 4.79 Å². The number of ether oxygens (including phenoxy) is 1. The van der Waals surface area contributed by atoms with Crippen molar-refractivity contribution in [2.45, 2.75) is 12.3 Å². The van der Waals surface area contributed by atoms with E-state index in [0.29, 0.717) is 17.0 Å². The summed E-state index contributed by atoms with van der Waals surface area (Å²) >= 11 is 0. The van der Waals surface area contributed by atoms with E-state index in [9.17, 15) is 23.5 Å². The Hall–Kier alpha value is -3.68. The fraction of sp³-hybridized carbons (Fsp3) is 0.143.